The molecule has 0 fully saturated rings. The van der Waals surface area contributed by atoms with Crippen molar-refractivity contribution in [1.82, 2.24) is 0 Å². The molecule has 17 heavy (non-hydrogen) atoms. The smallest absolute Gasteiger partial charge is 0.0936 e. The van der Waals surface area contributed by atoms with Gasteiger partial charge in [0.05, 0.1) is 6.61 Å². The van der Waals surface area contributed by atoms with Crippen LogP contribution < -0.4 is 5.90 Å². The second kappa shape index (κ2) is 4.17. The topological polar surface area (TPSA) is 35.2 Å². The summed E-state index contributed by atoms with van der Waals surface area (Å²) < 4.78 is 0. The third-order valence-corrected chi connectivity index (χ3v) is 3.08. The normalized spacial score (nSPS) is 11.1. The second-order valence-corrected chi connectivity index (χ2v) is 4.15. The molecule has 0 atom stereocenters. The zero-order valence-electron chi connectivity index (χ0n) is 9.39. The van der Waals surface area contributed by atoms with Gasteiger partial charge < -0.3 is 0 Å². The number of nitrogens with two attached hydrogens (primary N) is 1. The fraction of sp³-hybridized carbons (Fsp3) is 0.0667. The van der Waals surface area contributed by atoms with Crippen LogP contribution in [0.25, 0.3) is 21.5 Å². The van der Waals surface area contributed by atoms with Crippen LogP contribution in [-0.2, 0) is 11.4 Å². The minimum Gasteiger partial charge on any atom is -0.300 e. The van der Waals surface area contributed by atoms with E-state index < -0.39 is 0 Å². The summed E-state index contributed by atoms with van der Waals surface area (Å²) in [5.41, 5.74) is 1.12. The Morgan fingerprint density at radius 2 is 1.53 bits per heavy atom. The molecule has 84 valence electrons. The number of rotatable bonds is 2. The Labute approximate surface area is 99.6 Å². The summed E-state index contributed by atoms with van der Waals surface area (Å²) in [7, 11) is 0. The Morgan fingerprint density at radius 3 is 2.29 bits per heavy atom. The van der Waals surface area contributed by atoms with Crippen LogP contribution in [-0.4, -0.2) is 0 Å². The molecular formula is C15H13NO. The fourth-order valence-electron chi connectivity index (χ4n) is 2.25. The molecule has 0 aliphatic carbocycles. The van der Waals surface area contributed by atoms with Crippen LogP contribution in [0.5, 0.6) is 0 Å². The summed E-state index contributed by atoms with van der Waals surface area (Å²) in [6.07, 6.45) is 0. The Hall–Kier alpha value is -1.90. The van der Waals surface area contributed by atoms with Crippen molar-refractivity contribution in [2.24, 2.45) is 5.90 Å². The van der Waals surface area contributed by atoms with Crippen LogP contribution in [0.4, 0.5) is 0 Å². The van der Waals surface area contributed by atoms with Gasteiger partial charge in [0.1, 0.15) is 0 Å². The lowest BCUT2D eigenvalue weighted by molar-refractivity contribution is 0.125. The van der Waals surface area contributed by atoms with Crippen LogP contribution in [0.3, 0.4) is 0 Å². The zero-order valence-corrected chi connectivity index (χ0v) is 9.39. The highest BCUT2D eigenvalue weighted by molar-refractivity contribution is 5.99. The maximum absolute atomic E-state index is 5.16. The van der Waals surface area contributed by atoms with Crippen LogP contribution in [0, 0.1) is 0 Å². The molecule has 3 aromatic carbocycles. The lowest BCUT2D eigenvalue weighted by Gasteiger charge is -2.07. The van der Waals surface area contributed by atoms with Gasteiger partial charge in [-0.15, -0.1) is 0 Å². The van der Waals surface area contributed by atoms with Gasteiger partial charge in [-0.1, -0.05) is 42.5 Å². The number of hydrogen-bond donors (Lipinski definition) is 1. The first-order valence-electron chi connectivity index (χ1n) is 5.60. The first-order chi connectivity index (χ1) is 8.38. The monoisotopic (exact) mass is 223 g/mol. The summed E-state index contributed by atoms with van der Waals surface area (Å²) in [5.74, 6) is 5.16. The standard InChI is InChI=1S/C15H13NO/c16-17-10-14-7-3-6-13-8-11-4-1-2-5-12(11)9-15(13)14/h1-9H,10,16H2. The van der Waals surface area contributed by atoms with E-state index in [0.29, 0.717) is 6.61 Å². The lowest BCUT2D eigenvalue weighted by atomic mass is 10.0. The number of fused-ring (bicyclic) bond motifs is 2. The van der Waals surface area contributed by atoms with Gasteiger partial charge in [-0.2, -0.15) is 0 Å². The molecule has 0 radical (unpaired) electrons. The van der Waals surface area contributed by atoms with Crippen LogP contribution in [0.15, 0.2) is 54.6 Å². The summed E-state index contributed by atoms with van der Waals surface area (Å²) in [6, 6.07) is 18.9. The fourth-order valence-corrected chi connectivity index (χ4v) is 2.25. The van der Waals surface area contributed by atoms with Crippen molar-refractivity contribution in [3.05, 3.63) is 60.2 Å². The van der Waals surface area contributed by atoms with Gasteiger partial charge in [0, 0.05) is 0 Å². The van der Waals surface area contributed by atoms with Crippen molar-refractivity contribution in [3.8, 4) is 0 Å². The van der Waals surface area contributed by atoms with Gasteiger partial charge >= 0.3 is 0 Å². The van der Waals surface area contributed by atoms with Crippen LogP contribution in [0.2, 0.25) is 0 Å². The third-order valence-electron chi connectivity index (χ3n) is 3.08. The highest BCUT2D eigenvalue weighted by Crippen LogP contribution is 2.25. The highest BCUT2D eigenvalue weighted by atomic mass is 16.6. The SMILES string of the molecule is NOCc1cccc2cc3ccccc3cc12. The van der Waals surface area contributed by atoms with Crippen molar-refractivity contribution in [2.45, 2.75) is 6.61 Å². The molecule has 0 saturated heterocycles. The van der Waals surface area contributed by atoms with Gasteiger partial charge in [-0.3, -0.25) is 4.84 Å². The molecule has 0 saturated carbocycles. The minimum absolute atomic E-state index is 0.440. The molecule has 2 heteroatoms. The number of benzene rings is 3. The Kier molecular flexibility index (Phi) is 2.52. The van der Waals surface area contributed by atoms with Gasteiger partial charge in [0.15, 0.2) is 0 Å². The first-order valence-corrected chi connectivity index (χ1v) is 5.60. The van der Waals surface area contributed by atoms with Crippen LogP contribution >= 0.6 is 0 Å². The molecule has 0 heterocycles. The second-order valence-electron chi connectivity index (χ2n) is 4.15. The summed E-state index contributed by atoms with van der Waals surface area (Å²) >= 11 is 0. The predicted molar refractivity (Wildman–Crippen MR) is 70.4 cm³/mol. The van der Waals surface area contributed by atoms with E-state index >= 15 is 0 Å². The molecule has 2 nitrogen and oxygen atoms in total. The lowest BCUT2D eigenvalue weighted by Crippen LogP contribution is -1.99. The molecule has 0 unspecified atom stereocenters. The average molecular weight is 223 g/mol. The molecule has 0 bridgehead atoms. The van der Waals surface area contributed by atoms with Gasteiger partial charge in [-0.25, -0.2) is 5.90 Å². The van der Waals surface area contributed by atoms with Crippen molar-refractivity contribution in [1.29, 1.82) is 0 Å². The quantitative estimate of drug-likeness (QED) is 0.534. The van der Waals surface area contributed by atoms with Crippen molar-refractivity contribution >= 4 is 21.5 Å². The van der Waals surface area contributed by atoms with E-state index in [1.54, 1.807) is 0 Å². The van der Waals surface area contributed by atoms with Gasteiger partial charge in [0.25, 0.3) is 0 Å². The predicted octanol–water partition coefficient (Wildman–Crippen LogP) is 3.38. The van der Waals surface area contributed by atoms with E-state index in [0.717, 1.165) is 5.56 Å². The Balaban J connectivity index is 2.35. The molecule has 3 aromatic rings. The minimum atomic E-state index is 0.440. The molecule has 0 aliphatic heterocycles. The first kappa shape index (κ1) is 10.3. The molecule has 0 spiro atoms. The molecule has 0 amide bonds. The number of hydrogen-bond acceptors (Lipinski definition) is 2. The van der Waals surface area contributed by atoms with E-state index in [1.165, 1.54) is 21.5 Å². The molecular weight excluding hydrogens is 210 g/mol. The maximum Gasteiger partial charge on any atom is 0.0936 e. The average Bonchev–Trinajstić information content (AvgIpc) is 2.37. The van der Waals surface area contributed by atoms with Gasteiger partial charge in [0.2, 0.25) is 0 Å². The highest BCUT2D eigenvalue weighted by Gasteiger charge is 2.02. The molecule has 2 N–H and O–H groups in total. The Morgan fingerprint density at radius 1 is 0.824 bits per heavy atom. The summed E-state index contributed by atoms with van der Waals surface area (Å²) in [4.78, 5) is 4.75. The van der Waals surface area contributed by atoms with Crippen molar-refractivity contribution in [2.75, 3.05) is 0 Å². The Bertz CT molecular complexity index is 676. The van der Waals surface area contributed by atoms with E-state index in [-0.39, 0.29) is 0 Å². The van der Waals surface area contributed by atoms with Gasteiger partial charge in [-0.05, 0) is 39.2 Å². The van der Waals surface area contributed by atoms with E-state index in [4.69, 9.17) is 10.7 Å². The largest absolute Gasteiger partial charge is 0.300 e. The van der Waals surface area contributed by atoms with E-state index in [2.05, 4.69) is 42.5 Å². The van der Waals surface area contributed by atoms with Crippen molar-refractivity contribution in [3.63, 3.8) is 0 Å². The van der Waals surface area contributed by atoms with Crippen molar-refractivity contribution < 1.29 is 4.84 Å². The maximum atomic E-state index is 5.16. The molecule has 0 aliphatic rings. The zero-order chi connectivity index (χ0) is 11.7. The van der Waals surface area contributed by atoms with E-state index in [1.807, 2.05) is 12.1 Å². The molecule has 0 aromatic heterocycles. The molecule has 3 rings (SSSR count). The van der Waals surface area contributed by atoms with Crippen LogP contribution in [0.1, 0.15) is 5.56 Å². The van der Waals surface area contributed by atoms with E-state index in [9.17, 15) is 0 Å². The summed E-state index contributed by atoms with van der Waals surface area (Å²) in [5, 5.41) is 4.92. The summed E-state index contributed by atoms with van der Waals surface area (Å²) in [6.45, 7) is 0.440. The third kappa shape index (κ3) is 1.78.